The van der Waals surface area contributed by atoms with Crippen molar-refractivity contribution in [1.82, 2.24) is 15.0 Å². The SMILES string of the molecule is Nc1ncnc2[nH]cc(-c3cc4ccccc4o3)c12. The molecule has 0 saturated carbocycles. The van der Waals surface area contributed by atoms with Crippen LogP contribution in [0.1, 0.15) is 0 Å². The van der Waals surface area contributed by atoms with Crippen molar-refractivity contribution >= 4 is 27.8 Å². The molecule has 0 radical (unpaired) electrons. The minimum absolute atomic E-state index is 0.446. The molecule has 0 aliphatic rings. The molecule has 5 nitrogen and oxygen atoms in total. The normalized spacial score (nSPS) is 11.4. The molecular formula is C14H10N4O. The van der Waals surface area contributed by atoms with Crippen LogP contribution in [0.3, 0.4) is 0 Å². The molecule has 0 saturated heterocycles. The molecule has 3 N–H and O–H groups in total. The highest BCUT2D eigenvalue weighted by Gasteiger charge is 2.14. The summed E-state index contributed by atoms with van der Waals surface area (Å²) in [6, 6.07) is 9.87. The molecular weight excluding hydrogens is 240 g/mol. The van der Waals surface area contributed by atoms with E-state index in [0.29, 0.717) is 11.5 Å². The van der Waals surface area contributed by atoms with Crippen molar-refractivity contribution in [3.8, 4) is 11.3 Å². The van der Waals surface area contributed by atoms with E-state index >= 15 is 0 Å². The Bertz CT molecular complexity index is 858. The van der Waals surface area contributed by atoms with Crippen LogP contribution in [0.15, 0.2) is 47.3 Å². The van der Waals surface area contributed by atoms with E-state index in [1.54, 1.807) is 0 Å². The first-order chi connectivity index (χ1) is 9.33. The molecule has 1 aromatic carbocycles. The average molecular weight is 250 g/mol. The number of benzene rings is 1. The van der Waals surface area contributed by atoms with Crippen LogP contribution in [0.4, 0.5) is 5.82 Å². The van der Waals surface area contributed by atoms with Crippen LogP contribution in [-0.2, 0) is 0 Å². The second-order valence-electron chi connectivity index (χ2n) is 4.33. The lowest BCUT2D eigenvalue weighted by atomic mass is 10.1. The maximum Gasteiger partial charge on any atom is 0.143 e. The van der Waals surface area contributed by atoms with Crippen LogP contribution in [0.25, 0.3) is 33.3 Å². The van der Waals surface area contributed by atoms with Crippen molar-refractivity contribution < 1.29 is 4.42 Å². The summed E-state index contributed by atoms with van der Waals surface area (Å²) >= 11 is 0. The van der Waals surface area contributed by atoms with Gasteiger partial charge in [0, 0.05) is 17.1 Å². The number of rotatable bonds is 1. The number of H-pyrrole nitrogens is 1. The molecule has 4 aromatic rings. The van der Waals surface area contributed by atoms with Gasteiger partial charge in [0.05, 0.1) is 5.39 Å². The van der Waals surface area contributed by atoms with Crippen molar-refractivity contribution in [1.29, 1.82) is 0 Å². The fourth-order valence-corrected chi connectivity index (χ4v) is 2.30. The van der Waals surface area contributed by atoms with Gasteiger partial charge in [0.2, 0.25) is 0 Å². The van der Waals surface area contributed by atoms with E-state index in [2.05, 4.69) is 15.0 Å². The number of anilines is 1. The van der Waals surface area contributed by atoms with Crippen LogP contribution in [0.5, 0.6) is 0 Å². The molecule has 3 heterocycles. The van der Waals surface area contributed by atoms with Crippen LogP contribution in [0.2, 0.25) is 0 Å². The Morgan fingerprint density at radius 3 is 2.95 bits per heavy atom. The van der Waals surface area contributed by atoms with Gasteiger partial charge in [-0.1, -0.05) is 18.2 Å². The summed E-state index contributed by atoms with van der Waals surface area (Å²) in [6.45, 7) is 0. The first kappa shape index (κ1) is 10.1. The molecule has 5 heteroatoms. The first-order valence-electron chi connectivity index (χ1n) is 5.89. The summed E-state index contributed by atoms with van der Waals surface area (Å²) in [5.74, 6) is 1.20. The van der Waals surface area contributed by atoms with Crippen molar-refractivity contribution in [3.63, 3.8) is 0 Å². The van der Waals surface area contributed by atoms with E-state index in [1.165, 1.54) is 6.33 Å². The number of aromatic nitrogens is 3. The van der Waals surface area contributed by atoms with Gasteiger partial charge < -0.3 is 15.1 Å². The number of nitrogens with one attached hydrogen (secondary N) is 1. The second-order valence-corrected chi connectivity index (χ2v) is 4.33. The molecule has 0 bridgehead atoms. The van der Waals surface area contributed by atoms with Crippen LogP contribution in [-0.4, -0.2) is 15.0 Å². The smallest absolute Gasteiger partial charge is 0.143 e. The van der Waals surface area contributed by atoms with Crippen molar-refractivity contribution in [3.05, 3.63) is 42.9 Å². The maximum atomic E-state index is 5.92. The van der Waals surface area contributed by atoms with Crippen molar-refractivity contribution in [2.24, 2.45) is 0 Å². The van der Waals surface area contributed by atoms with Gasteiger partial charge in [-0.05, 0) is 12.1 Å². The van der Waals surface area contributed by atoms with Crippen molar-refractivity contribution in [2.45, 2.75) is 0 Å². The second kappa shape index (κ2) is 3.58. The van der Waals surface area contributed by atoms with E-state index in [1.807, 2.05) is 36.5 Å². The van der Waals surface area contributed by atoms with Gasteiger partial charge in [0.15, 0.2) is 0 Å². The molecule has 19 heavy (non-hydrogen) atoms. The van der Waals surface area contributed by atoms with E-state index in [0.717, 1.165) is 27.7 Å². The van der Waals surface area contributed by atoms with E-state index in [-0.39, 0.29) is 0 Å². The Hall–Kier alpha value is -2.82. The number of fused-ring (bicyclic) bond motifs is 2. The highest BCUT2D eigenvalue weighted by molar-refractivity contribution is 6.00. The van der Waals surface area contributed by atoms with E-state index < -0.39 is 0 Å². The number of aromatic amines is 1. The lowest BCUT2D eigenvalue weighted by Crippen LogP contribution is -1.92. The van der Waals surface area contributed by atoms with Gasteiger partial charge in [-0.3, -0.25) is 0 Å². The highest BCUT2D eigenvalue weighted by atomic mass is 16.3. The standard InChI is InChI=1S/C14H10N4O/c15-13-12-9(6-16-14(12)18-7-17-13)11-5-8-3-1-2-4-10(8)19-11/h1-7H,(H3,15,16,17,18). The molecule has 4 rings (SSSR count). The quantitative estimate of drug-likeness (QED) is 0.544. The van der Waals surface area contributed by atoms with Crippen LogP contribution >= 0.6 is 0 Å². The number of hydrogen-bond acceptors (Lipinski definition) is 4. The average Bonchev–Trinajstić information content (AvgIpc) is 3.02. The molecule has 0 amide bonds. The summed E-state index contributed by atoms with van der Waals surface area (Å²) in [4.78, 5) is 11.3. The third kappa shape index (κ3) is 1.41. The van der Waals surface area contributed by atoms with Gasteiger partial charge in [0.1, 0.15) is 29.1 Å². The van der Waals surface area contributed by atoms with Gasteiger partial charge in [-0.25, -0.2) is 9.97 Å². The Morgan fingerprint density at radius 1 is 1.16 bits per heavy atom. The molecule has 3 aromatic heterocycles. The number of nitrogens with two attached hydrogens (primary N) is 1. The number of para-hydroxylation sites is 1. The molecule has 0 aliphatic heterocycles. The van der Waals surface area contributed by atoms with Gasteiger partial charge in [-0.15, -0.1) is 0 Å². The Kier molecular flexibility index (Phi) is 1.91. The monoisotopic (exact) mass is 250 g/mol. The molecule has 0 fully saturated rings. The number of nitrogen functional groups attached to an aromatic ring is 1. The highest BCUT2D eigenvalue weighted by Crippen LogP contribution is 2.34. The first-order valence-corrected chi connectivity index (χ1v) is 5.89. The molecule has 0 atom stereocenters. The third-order valence-electron chi connectivity index (χ3n) is 3.19. The van der Waals surface area contributed by atoms with Gasteiger partial charge in [-0.2, -0.15) is 0 Å². The van der Waals surface area contributed by atoms with Crippen LogP contribution in [0, 0.1) is 0 Å². The Balaban J connectivity index is 2.04. The minimum Gasteiger partial charge on any atom is -0.456 e. The maximum absolute atomic E-state index is 5.92. The van der Waals surface area contributed by atoms with Gasteiger partial charge in [0.25, 0.3) is 0 Å². The Labute approximate surface area is 108 Å². The summed E-state index contributed by atoms with van der Waals surface area (Å²) in [5.41, 5.74) is 8.36. The summed E-state index contributed by atoms with van der Waals surface area (Å²) in [5, 5.41) is 1.85. The molecule has 0 spiro atoms. The number of furan rings is 1. The largest absolute Gasteiger partial charge is 0.456 e. The van der Waals surface area contributed by atoms with Crippen LogP contribution < -0.4 is 5.73 Å². The lowest BCUT2D eigenvalue weighted by molar-refractivity contribution is 0.632. The minimum atomic E-state index is 0.446. The number of hydrogen-bond donors (Lipinski definition) is 2. The molecule has 0 unspecified atom stereocenters. The molecule has 92 valence electrons. The third-order valence-corrected chi connectivity index (χ3v) is 3.19. The summed E-state index contributed by atoms with van der Waals surface area (Å²) in [6.07, 6.45) is 3.28. The predicted octanol–water partition coefficient (Wildman–Crippen LogP) is 2.95. The summed E-state index contributed by atoms with van der Waals surface area (Å²) < 4.78 is 5.84. The predicted molar refractivity (Wildman–Crippen MR) is 73.5 cm³/mol. The Morgan fingerprint density at radius 2 is 2.05 bits per heavy atom. The zero-order valence-electron chi connectivity index (χ0n) is 9.92. The van der Waals surface area contributed by atoms with Gasteiger partial charge >= 0.3 is 0 Å². The zero-order chi connectivity index (χ0) is 12.8. The zero-order valence-corrected chi connectivity index (χ0v) is 9.92. The fourth-order valence-electron chi connectivity index (χ4n) is 2.30. The molecule has 0 aliphatic carbocycles. The fraction of sp³-hybridized carbons (Fsp3) is 0. The topological polar surface area (TPSA) is 80.7 Å². The summed E-state index contributed by atoms with van der Waals surface area (Å²) in [7, 11) is 0. The van der Waals surface area contributed by atoms with E-state index in [9.17, 15) is 0 Å². The number of nitrogens with zero attached hydrogens (tertiary/aromatic N) is 2. The lowest BCUT2D eigenvalue weighted by Gasteiger charge is -1.96. The van der Waals surface area contributed by atoms with Crippen molar-refractivity contribution in [2.75, 3.05) is 5.73 Å². The van der Waals surface area contributed by atoms with E-state index in [4.69, 9.17) is 10.2 Å².